The van der Waals surface area contributed by atoms with Gasteiger partial charge in [-0.25, -0.2) is 0 Å². The van der Waals surface area contributed by atoms with Gasteiger partial charge >= 0.3 is 0 Å². The molecule has 2 atom stereocenters. The summed E-state index contributed by atoms with van der Waals surface area (Å²) in [6, 6.07) is 8.46. The van der Waals surface area contributed by atoms with Crippen LogP contribution < -0.4 is 10.2 Å². The van der Waals surface area contributed by atoms with Crippen LogP contribution in [0.2, 0.25) is 0 Å². The number of benzene rings is 1. The second-order valence-corrected chi connectivity index (χ2v) is 6.31. The van der Waals surface area contributed by atoms with Crippen LogP contribution in [-0.2, 0) is 4.79 Å². The van der Waals surface area contributed by atoms with Crippen molar-refractivity contribution in [2.45, 2.75) is 25.3 Å². The minimum absolute atomic E-state index is 0.180. The van der Waals surface area contributed by atoms with Gasteiger partial charge in [0.15, 0.2) is 0 Å². The van der Waals surface area contributed by atoms with E-state index in [9.17, 15) is 10.1 Å². The highest BCUT2D eigenvalue weighted by Gasteiger charge is 2.34. The number of hydrogen-bond acceptors (Lipinski definition) is 3. The highest BCUT2D eigenvalue weighted by molar-refractivity contribution is 9.10. The number of fused-ring (bicyclic) bond motifs is 1. The van der Waals surface area contributed by atoms with Gasteiger partial charge < -0.3 is 10.2 Å². The number of carbonyl (C=O) groups is 1. The second kappa shape index (κ2) is 5.45. The summed E-state index contributed by atoms with van der Waals surface area (Å²) in [7, 11) is 0. The van der Waals surface area contributed by atoms with Crippen LogP contribution in [0.5, 0.6) is 0 Å². The molecule has 5 heteroatoms. The van der Waals surface area contributed by atoms with Crippen LogP contribution in [0, 0.1) is 17.2 Å². The summed E-state index contributed by atoms with van der Waals surface area (Å²) in [6.07, 6.45) is 2.52. The number of nitriles is 1. The Morgan fingerprint density at radius 2 is 2.25 bits per heavy atom. The van der Waals surface area contributed by atoms with E-state index in [2.05, 4.69) is 32.2 Å². The largest absolute Gasteiger partial charge is 0.370 e. The number of amides is 1. The first-order valence-corrected chi connectivity index (χ1v) is 7.71. The Kier molecular flexibility index (Phi) is 3.66. The Morgan fingerprint density at radius 1 is 1.40 bits per heavy atom. The summed E-state index contributed by atoms with van der Waals surface area (Å²) in [4.78, 5) is 13.7. The quantitative estimate of drug-likeness (QED) is 0.858. The average molecular weight is 334 g/mol. The van der Waals surface area contributed by atoms with Crippen molar-refractivity contribution in [2.75, 3.05) is 18.0 Å². The van der Waals surface area contributed by atoms with Crippen LogP contribution in [0.15, 0.2) is 22.7 Å². The van der Waals surface area contributed by atoms with E-state index < -0.39 is 0 Å². The summed E-state index contributed by atoms with van der Waals surface area (Å²) < 4.78 is 0.844. The topological polar surface area (TPSA) is 56.1 Å². The third-order valence-corrected chi connectivity index (χ3v) is 4.93. The van der Waals surface area contributed by atoms with E-state index in [1.54, 1.807) is 0 Å². The number of carbonyl (C=O) groups excluding carboxylic acids is 1. The molecule has 0 bridgehead atoms. The molecule has 1 aromatic carbocycles. The second-order valence-electron chi connectivity index (χ2n) is 5.45. The number of rotatable bonds is 1. The first-order valence-electron chi connectivity index (χ1n) is 6.92. The highest BCUT2D eigenvalue weighted by atomic mass is 79.9. The normalized spacial score (nSPS) is 25.6. The van der Waals surface area contributed by atoms with Crippen LogP contribution in [0.3, 0.4) is 0 Å². The van der Waals surface area contributed by atoms with Crippen molar-refractivity contribution in [1.29, 1.82) is 5.26 Å². The molecule has 20 heavy (non-hydrogen) atoms. The molecule has 0 spiro atoms. The van der Waals surface area contributed by atoms with Crippen LogP contribution in [0.25, 0.3) is 0 Å². The fourth-order valence-electron chi connectivity index (χ4n) is 3.22. The van der Waals surface area contributed by atoms with Gasteiger partial charge in [0, 0.05) is 30.0 Å². The molecule has 3 rings (SSSR count). The number of piperidine rings is 2. The predicted octanol–water partition coefficient (Wildman–Crippen LogP) is 2.43. The summed E-state index contributed by atoms with van der Waals surface area (Å²) in [5.41, 5.74) is 1.70. The number of nitrogens with one attached hydrogen (secondary N) is 1. The summed E-state index contributed by atoms with van der Waals surface area (Å²) in [5.74, 6) is 0.673. The lowest BCUT2D eigenvalue weighted by Gasteiger charge is -2.42. The fraction of sp³-hybridized carbons (Fsp3) is 0.467. The molecule has 104 valence electrons. The molecule has 0 radical (unpaired) electrons. The van der Waals surface area contributed by atoms with Crippen molar-refractivity contribution in [3.05, 3.63) is 28.2 Å². The molecule has 4 nitrogen and oxygen atoms in total. The number of anilines is 1. The van der Waals surface area contributed by atoms with Gasteiger partial charge in [0.2, 0.25) is 5.91 Å². The minimum atomic E-state index is 0.180. The molecule has 0 aromatic heterocycles. The maximum Gasteiger partial charge on any atom is 0.220 e. The lowest BCUT2D eigenvalue weighted by molar-refractivity contribution is -0.124. The van der Waals surface area contributed by atoms with Crippen molar-refractivity contribution >= 4 is 27.5 Å². The Balaban J connectivity index is 1.82. The van der Waals surface area contributed by atoms with Gasteiger partial charge in [-0.05, 0) is 46.8 Å². The molecule has 1 amide bonds. The van der Waals surface area contributed by atoms with Crippen molar-refractivity contribution < 1.29 is 4.79 Å². The Labute approximate surface area is 126 Å². The number of halogens is 1. The molecule has 2 aliphatic rings. The third-order valence-electron chi connectivity index (χ3n) is 4.27. The summed E-state index contributed by atoms with van der Waals surface area (Å²) >= 11 is 3.44. The molecule has 2 saturated heterocycles. The van der Waals surface area contributed by atoms with Crippen LogP contribution in [0.4, 0.5) is 5.69 Å². The minimum Gasteiger partial charge on any atom is -0.370 e. The first kappa shape index (κ1) is 13.4. The van der Waals surface area contributed by atoms with Crippen LogP contribution in [0.1, 0.15) is 24.8 Å². The monoisotopic (exact) mass is 333 g/mol. The molecule has 2 heterocycles. The van der Waals surface area contributed by atoms with Crippen LogP contribution >= 0.6 is 15.9 Å². The summed E-state index contributed by atoms with van der Waals surface area (Å²) in [6.45, 7) is 1.79. The maximum atomic E-state index is 11.4. The van der Waals surface area contributed by atoms with E-state index in [1.807, 2.05) is 18.2 Å². The smallest absolute Gasteiger partial charge is 0.220 e. The number of hydrogen-bond donors (Lipinski definition) is 1. The van der Waals surface area contributed by atoms with Crippen molar-refractivity contribution in [3.63, 3.8) is 0 Å². The molecule has 0 aliphatic carbocycles. The van der Waals surface area contributed by atoms with Gasteiger partial charge in [0.05, 0.1) is 11.3 Å². The van der Waals surface area contributed by atoms with Gasteiger partial charge in [-0.1, -0.05) is 6.07 Å². The van der Waals surface area contributed by atoms with E-state index in [0.717, 1.165) is 36.1 Å². The van der Waals surface area contributed by atoms with E-state index in [1.165, 1.54) is 0 Å². The lowest BCUT2D eigenvalue weighted by atomic mass is 9.85. The molecule has 2 fully saturated rings. The van der Waals surface area contributed by atoms with Crippen molar-refractivity contribution in [1.82, 2.24) is 5.32 Å². The van der Waals surface area contributed by atoms with Gasteiger partial charge in [0.1, 0.15) is 6.07 Å². The van der Waals surface area contributed by atoms with Gasteiger partial charge in [-0.2, -0.15) is 5.26 Å². The third kappa shape index (κ3) is 2.40. The maximum absolute atomic E-state index is 11.4. The van der Waals surface area contributed by atoms with Crippen molar-refractivity contribution in [2.24, 2.45) is 5.92 Å². The molecule has 2 unspecified atom stereocenters. The van der Waals surface area contributed by atoms with E-state index in [4.69, 9.17) is 0 Å². The molecule has 2 aliphatic heterocycles. The Bertz CT molecular complexity index is 581. The van der Waals surface area contributed by atoms with Gasteiger partial charge in [-0.3, -0.25) is 4.79 Å². The SMILES string of the molecule is N#Cc1c(Br)cccc1N1CCC2NC(=O)CCC2C1. The van der Waals surface area contributed by atoms with Gasteiger partial charge in [0.25, 0.3) is 0 Å². The van der Waals surface area contributed by atoms with E-state index in [-0.39, 0.29) is 5.91 Å². The van der Waals surface area contributed by atoms with E-state index >= 15 is 0 Å². The first-order chi connectivity index (χ1) is 9.69. The molecular weight excluding hydrogens is 318 g/mol. The zero-order chi connectivity index (χ0) is 14.1. The Morgan fingerprint density at radius 3 is 3.05 bits per heavy atom. The van der Waals surface area contributed by atoms with Gasteiger partial charge in [-0.15, -0.1) is 0 Å². The highest BCUT2D eigenvalue weighted by Crippen LogP contribution is 2.32. The molecule has 1 aromatic rings. The molecule has 0 saturated carbocycles. The van der Waals surface area contributed by atoms with Crippen LogP contribution in [-0.4, -0.2) is 25.0 Å². The predicted molar refractivity (Wildman–Crippen MR) is 80.3 cm³/mol. The average Bonchev–Trinajstić information content (AvgIpc) is 2.46. The lowest BCUT2D eigenvalue weighted by Crippen LogP contribution is -2.54. The molecule has 1 N–H and O–H groups in total. The zero-order valence-corrected chi connectivity index (χ0v) is 12.7. The summed E-state index contributed by atoms with van der Waals surface area (Å²) in [5, 5.41) is 12.4. The van der Waals surface area contributed by atoms with Crippen molar-refractivity contribution in [3.8, 4) is 6.07 Å². The zero-order valence-electron chi connectivity index (χ0n) is 11.1. The number of nitrogens with zero attached hydrogens (tertiary/aromatic N) is 2. The standard InChI is InChI=1S/C15H16BrN3O/c16-12-2-1-3-14(11(12)8-17)19-7-6-13-10(9-19)4-5-15(20)18-13/h1-3,10,13H,4-7,9H2,(H,18,20). The van der Waals surface area contributed by atoms with E-state index in [0.29, 0.717) is 23.9 Å². The Hall–Kier alpha value is -1.54. The molecular formula is C15H16BrN3O. The fourth-order valence-corrected chi connectivity index (χ4v) is 3.66.